The monoisotopic (exact) mass is 431 g/mol. The maximum atomic E-state index is 12.7. The molecule has 5 nitrogen and oxygen atoms in total. The van der Waals surface area contributed by atoms with Crippen LogP contribution in [0.5, 0.6) is 0 Å². The lowest BCUT2D eigenvalue weighted by Gasteiger charge is -2.06. The number of aromatic nitrogens is 2. The Kier molecular flexibility index (Phi) is 5.54. The first-order valence-corrected chi connectivity index (χ1v) is 9.62. The van der Waals surface area contributed by atoms with Crippen LogP contribution in [-0.2, 0) is 22.7 Å². The zero-order valence-corrected chi connectivity index (χ0v) is 15.1. The van der Waals surface area contributed by atoms with Gasteiger partial charge in [-0.15, -0.1) is 11.3 Å². The van der Waals surface area contributed by atoms with E-state index in [9.17, 15) is 21.6 Å². The molecule has 1 N–H and O–H groups in total. The Bertz CT molecular complexity index is 770. The zero-order chi connectivity index (χ0) is 17.3. The van der Waals surface area contributed by atoms with E-state index in [4.69, 9.17) is 0 Å². The van der Waals surface area contributed by atoms with Crippen LogP contribution in [0, 0.1) is 6.92 Å². The van der Waals surface area contributed by atoms with Crippen molar-refractivity contribution in [1.82, 2.24) is 14.5 Å². The number of nitrogens with zero attached hydrogens (tertiary/aromatic N) is 2. The first-order chi connectivity index (χ1) is 10.6. The van der Waals surface area contributed by atoms with Crippen molar-refractivity contribution in [2.45, 2.75) is 30.3 Å². The Hall–Kier alpha value is -0.910. The molecule has 0 saturated heterocycles. The van der Waals surface area contributed by atoms with Gasteiger partial charge in [-0.2, -0.15) is 18.3 Å². The minimum absolute atomic E-state index is 0.0934. The first-order valence-electron chi connectivity index (χ1n) is 6.46. The van der Waals surface area contributed by atoms with Crippen LogP contribution < -0.4 is 4.72 Å². The van der Waals surface area contributed by atoms with Crippen molar-refractivity contribution in [1.29, 1.82) is 0 Å². The molecule has 0 atom stereocenters. The normalized spacial score (nSPS) is 12.7. The van der Waals surface area contributed by atoms with Gasteiger partial charge in [-0.1, -0.05) is 6.07 Å². The average Bonchev–Trinajstić information content (AvgIpc) is 3.06. The number of alkyl halides is 3. The molecular weight excluding hydrogens is 419 g/mol. The van der Waals surface area contributed by atoms with Gasteiger partial charge < -0.3 is 0 Å². The molecule has 0 aliphatic rings. The van der Waals surface area contributed by atoms with E-state index >= 15 is 0 Å². The summed E-state index contributed by atoms with van der Waals surface area (Å²) in [6.45, 7) is 1.80. The topological polar surface area (TPSA) is 64.0 Å². The molecule has 2 heterocycles. The van der Waals surface area contributed by atoms with Crippen molar-refractivity contribution < 1.29 is 21.6 Å². The Labute approximate surface area is 143 Å². The van der Waals surface area contributed by atoms with E-state index in [-0.39, 0.29) is 21.8 Å². The third-order valence-corrected chi connectivity index (χ3v) is 6.81. The second-order valence-electron chi connectivity index (χ2n) is 4.65. The van der Waals surface area contributed by atoms with Gasteiger partial charge in [0.25, 0.3) is 0 Å². The zero-order valence-electron chi connectivity index (χ0n) is 11.9. The molecule has 2 rings (SSSR count). The highest BCUT2D eigenvalue weighted by molar-refractivity contribution is 9.10. The van der Waals surface area contributed by atoms with Gasteiger partial charge in [-0.25, -0.2) is 13.1 Å². The minimum atomic E-state index is -4.53. The fourth-order valence-corrected chi connectivity index (χ4v) is 4.47. The molecule has 0 aromatic carbocycles. The summed E-state index contributed by atoms with van der Waals surface area (Å²) in [5.74, 6) is 0. The Balaban J connectivity index is 1.95. The Morgan fingerprint density at radius 2 is 2.13 bits per heavy atom. The van der Waals surface area contributed by atoms with Crippen molar-refractivity contribution in [3.8, 4) is 0 Å². The van der Waals surface area contributed by atoms with Crippen molar-refractivity contribution in [3.63, 3.8) is 0 Å². The highest BCUT2D eigenvalue weighted by Gasteiger charge is 2.37. The second kappa shape index (κ2) is 6.91. The summed E-state index contributed by atoms with van der Waals surface area (Å²) >= 11 is 3.99. The van der Waals surface area contributed by atoms with Crippen LogP contribution >= 0.6 is 27.3 Å². The number of hydrogen-bond acceptors (Lipinski definition) is 4. The molecule has 0 fully saturated rings. The highest BCUT2D eigenvalue weighted by atomic mass is 79.9. The number of nitrogens with one attached hydrogen (secondary N) is 1. The molecule has 0 saturated carbocycles. The molecule has 0 bridgehead atoms. The summed E-state index contributed by atoms with van der Waals surface area (Å²) < 4.78 is 65.7. The Morgan fingerprint density at radius 1 is 1.43 bits per heavy atom. The molecule has 0 aliphatic heterocycles. The van der Waals surface area contributed by atoms with Gasteiger partial charge in [0.2, 0.25) is 10.0 Å². The number of hydrogen-bond donors (Lipinski definition) is 1. The van der Waals surface area contributed by atoms with Crippen LogP contribution in [0.25, 0.3) is 0 Å². The van der Waals surface area contributed by atoms with E-state index in [1.807, 2.05) is 0 Å². The van der Waals surface area contributed by atoms with Gasteiger partial charge in [-0.3, -0.25) is 4.68 Å². The summed E-state index contributed by atoms with van der Waals surface area (Å²) in [5.41, 5.74) is -0.632. The molecule has 2 aromatic heterocycles. The number of thiophene rings is 1. The van der Waals surface area contributed by atoms with E-state index in [0.29, 0.717) is 12.1 Å². The van der Waals surface area contributed by atoms with Crippen LogP contribution in [-0.4, -0.2) is 24.7 Å². The number of rotatable bonds is 6. The maximum Gasteiger partial charge on any atom is 0.436 e. The molecule has 0 unspecified atom stereocenters. The molecule has 2 aromatic rings. The van der Waals surface area contributed by atoms with E-state index in [2.05, 4.69) is 25.8 Å². The minimum Gasteiger partial charge on any atom is -0.268 e. The third-order valence-electron chi connectivity index (χ3n) is 3.00. The lowest BCUT2D eigenvalue weighted by molar-refractivity contribution is -0.142. The molecule has 11 heteroatoms. The van der Waals surface area contributed by atoms with E-state index in [1.54, 1.807) is 11.4 Å². The van der Waals surface area contributed by atoms with Crippen LogP contribution in [0.4, 0.5) is 13.2 Å². The lowest BCUT2D eigenvalue weighted by atomic mass is 10.3. The predicted molar refractivity (Wildman–Crippen MR) is 83.8 cm³/mol. The van der Waals surface area contributed by atoms with Crippen LogP contribution in [0.1, 0.15) is 17.8 Å². The number of sulfonamides is 1. The SMILES string of the molecule is Cc1c(Br)c(C(F)(F)F)nn1CCCNS(=O)(=O)c1cccs1. The van der Waals surface area contributed by atoms with E-state index < -0.39 is 21.9 Å². The van der Waals surface area contributed by atoms with Gasteiger partial charge in [-0.05, 0) is 40.7 Å². The third kappa shape index (κ3) is 4.34. The summed E-state index contributed by atoms with van der Waals surface area (Å²) in [4.78, 5) is 0. The van der Waals surface area contributed by atoms with Crippen molar-refractivity contribution in [3.05, 3.63) is 33.4 Å². The molecule has 0 amide bonds. The van der Waals surface area contributed by atoms with Crippen LogP contribution in [0.15, 0.2) is 26.2 Å². The second-order valence-corrected chi connectivity index (χ2v) is 8.39. The average molecular weight is 432 g/mol. The van der Waals surface area contributed by atoms with E-state index in [0.717, 1.165) is 11.3 Å². The number of halogens is 4. The summed E-state index contributed by atoms with van der Waals surface area (Å²) in [7, 11) is -3.56. The Morgan fingerprint density at radius 3 is 2.65 bits per heavy atom. The van der Waals surface area contributed by atoms with Gasteiger partial charge in [0, 0.05) is 13.1 Å². The van der Waals surface area contributed by atoms with Gasteiger partial charge in [0.1, 0.15) is 4.21 Å². The molecule has 0 aliphatic carbocycles. The van der Waals surface area contributed by atoms with Gasteiger partial charge >= 0.3 is 6.18 Å². The van der Waals surface area contributed by atoms with Gasteiger partial charge in [0.05, 0.1) is 10.2 Å². The van der Waals surface area contributed by atoms with Crippen LogP contribution in [0.2, 0.25) is 0 Å². The quantitative estimate of drug-likeness (QED) is 0.712. The highest BCUT2D eigenvalue weighted by Crippen LogP contribution is 2.35. The molecular formula is C12H13BrF3N3O2S2. The largest absolute Gasteiger partial charge is 0.436 e. The molecule has 0 radical (unpaired) electrons. The molecule has 128 valence electrons. The summed E-state index contributed by atoms with van der Waals surface area (Å²) in [6.07, 6.45) is -4.22. The first kappa shape index (κ1) is 18.4. The summed E-state index contributed by atoms with van der Waals surface area (Å²) in [6, 6.07) is 3.11. The fourth-order valence-electron chi connectivity index (χ4n) is 1.85. The predicted octanol–water partition coefficient (Wildman–Crippen LogP) is 3.40. The van der Waals surface area contributed by atoms with Gasteiger partial charge in [0.15, 0.2) is 5.69 Å². The summed E-state index contributed by atoms with van der Waals surface area (Å²) in [5, 5.41) is 5.18. The van der Waals surface area contributed by atoms with Crippen molar-refractivity contribution in [2.24, 2.45) is 0 Å². The van der Waals surface area contributed by atoms with Crippen molar-refractivity contribution >= 4 is 37.3 Å². The van der Waals surface area contributed by atoms with Crippen LogP contribution in [0.3, 0.4) is 0 Å². The lowest BCUT2D eigenvalue weighted by Crippen LogP contribution is -2.25. The molecule has 23 heavy (non-hydrogen) atoms. The molecule has 0 spiro atoms. The standard InChI is InChI=1S/C12H13BrF3N3O2S2/c1-8-10(13)11(12(14,15)16)18-19(8)6-3-5-17-23(20,21)9-4-2-7-22-9/h2,4,7,17H,3,5-6H2,1H3. The fraction of sp³-hybridized carbons (Fsp3) is 0.417. The van der Waals surface area contributed by atoms with Crippen molar-refractivity contribution in [2.75, 3.05) is 6.54 Å². The van der Waals surface area contributed by atoms with E-state index in [1.165, 1.54) is 17.7 Å². The maximum absolute atomic E-state index is 12.7. The smallest absolute Gasteiger partial charge is 0.268 e. The number of aryl methyl sites for hydroxylation is 1.